The first-order chi connectivity index (χ1) is 8.08. The van der Waals surface area contributed by atoms with Crippen LogP contribution in [0.5, 0.6) is 0 Å². The van der Waals surface area contributed by atoms with Crippen molar-refractivity contribution < 1.29 is 13.4 Å². The molecule has 0 aliphatic heterocycles. The summed E-state index contributed by atoms with van der Waals surface area (Å²) in [5, 5.41) is 11.0. The number of carbonyl (C=O) groups excluding carboxylic acids is 1. The first kappa shape index (κ1) is 13.3. The fraction of sp³-hybridized carbons (Fsp3) is 0.273. The summed E-state index contributed by atoms with van der Waals surface area (Å²) in [6, 6.07) is 6.03. The van der Waals surface area contributed by atoms with Crippen LogP contribution in [0.2, 0.25) is 0 Å². The SMILES string of the molecule is CNC(=O)CS(=O)Cc1cccc(C#N)c1F. The molecule has 0 aliphatic carbocycles. The van der Waals surface area contributed by atoms with E-state index in [-0.39, 0.29) is 28.5 Å². The third kappa shape index (κ3) is 3.64. The molecule has 17 heavy (non-hydrogen) atoms. The van der Waals surface area contributed by atoms with Gasteiger partial charge >= 0.3 is 0 Å². The van der Waals surface area contributed by atoms with Gasteiger partial charge in [0.25, 0.3) is 0 Å². The Morgan fingerprint density at radius 2 is 2.29 bits per heavy atom. The maximum atomic E-state index is 13.6. The summed E-state index contributed by atoms with van der Waals surface area (Å²) in [5.41, 5.74) is 0.103. The highest BCUT2D eigenvalue weighted by Crippen LogP contribution is 2.13. The number of carbonyl (C=O) groups is 1. The number of halogens is 1. The first-order valence-corrected chi connectivity index (χ1v) is 6.30. The van der Waals surface area contributed by atoms with Crippen LogP contribution in [0.1, 0.15) is 11.1 Å². The number of nitrogens with zero attached hydrogens (tertiary/aromatic N) is 1. The minimum atomic E-state index is -1.48. The maximum Gasteiger partial charge on any atom is 0.232 e. The van der Waals surface area contributed by atoms with E-state index in [4.69, 9.17) is 5.26 Å². The first-order valence-electron chi connectivity index (χ1n) is 4.81. The Morgan fingerprint density at radius 3 is 2.88 bits per heavy atom. The number of nitrogens with one attached hydrogen (secondary N) is 1. The molecule has 1 amide bonds. The lowest BCUT2D eigenvalue weighted by molar-refractivity contribution is -0.118. The molecule has 1 N–H and O–H groups in total. The zero-order chi connectivity index (χ0) is 12.8. The van der Waals surface area contributed by atoms with Gasteiger partial charge in [0.2, 0.25) is 5.91 Å². The van der Waals surface area contributed by atoms with Gasteiger partial charge in [-0.05, 0) is 6.07 Å². The molecule has 4 nitrogen and oxygen atoms in total. The topological polar surface area (TPSA) is 70.0 Å². The summed E-state index contributed by atoms with van der Waals surface area (Å²) >= 11 is 0. The molecule has 0 radical (unpaired) electrons. The van der Waals surface area contributed by atoms with E-state index in [0.717, 1.165) is 0 Å². The minimum absolute atomic E-state index is 0.0746. The summed E-state index contributed by atoms with van der Waals surface area (Å²) in [6.07, 6.45) is 0. The van der Waals surface area contributed by atoms with Crippen LogP contribution >= 0.6 is 0 Å². The number of hydrogen-bond acceptors (Lipinski definition) is 3. The molecule has 0 fully saturated rings. The van der Waals surface area contributed by atoms with Gasteiger partial charge in [-0.3, -0.25) is 9.00 Å². The molecule has 0 spiro atoms. The second kappa shape index (κ2) is 6.11. The third-order valence-electron chi connectivity index (χ3n) is 2.09. The Bertz CT molecular complexity index is 497. The second-order valence-electron chi connectivity index (χ2n) is 3.29. The van der Waals surface area contributed by atoms with E-state index in [2.05, 4.69) is 5.32 Å². The molecule has 90 valence electrons. The quantitative estimate of drug-likeness (QED) is 0.859. The van der Waals surface area contributed by atoms with Gasteiger partial charge < -0.3 is 5.32 Å². The van der Waals surface area contributed by atoms with Crippen LogP contribution < -0.4 is 5.32 Å². The molecule has 0 saturated carbocycles. The average molecular weight is 254 g/mol. The molecule has 1 rings (SSSR count). The summed E-state index contributed by atoms with van der Waals surface area (Å²) in [5.74, 6) is -1.28. The number of amides is 1. The summed E-state index contributed by atoms with van der Waals surface area (Å²) in [7, 11) is -0.0421. The van der Waals surface area contributed by atoms with E-state index in [1.807, 2.05) is 0 Å². The van der Waals surface area contributed by atoms with Crippen molar-refractivity contribution in [2.45, 2.75) is 5.75 Å². The lowest BCUT2D eigenvalue weighted by atomic mass is 10.1. The molecule has 0 bridgehead atoms. The van der Waals surface area contributed by atoms with Gasteiger partial charge in [-0.1, -0.05) is 12.1 Å². The molecule has 1 atom stereocenters. The smallest absolute Gasteiger partial charge is 0.232 e. The van der Waals surface area contributed by atoms with Crippen molar-refractivity contribution in [3.63, 3.8) is 0 Å². The van der Waals surface area contributed by atoms with E-state index >= 15 is 0 Å². The molecular weight excluding hydrogens is 243 g/mol. The van der Waals surface area contributed by atoms with Crippen LogP contribution in [0.25, 0.3) is 0 Å². The molecule has 0 heterocycles. The van der Waals surface area contributed by atoms with Crippen molar-refractivity contribution in [2.75, 3.05) is 12.8 Å². The van der Waals surface area contributed by atoms with E-state index in [9.17, 15) is 13.4 Å². The molecule has 1 aromatic carbocycles. The van der Waals surface area contributed by atoms with Crippen LogP contribution in [0.15, 0.2) is 18.2 Å². The van der Waals surface area contributed by atoms with Crippen LogP contribution in [0.4, 0.5) is 4.39 Å². The highest BCUT2D eigenvalue weighted by atomic mass is 32.2. The van der Waals surface area contributed by atoms with Crippen molar-refractivity contribution in [1.29, 1.82) is 5.26 Å². The van der Waals surface area contributed by atoms with Crippen molar-refractivity contribution in [1.82, 2.24) is 5.32 Å². The normalized spacial score (nSPS) is 11.6. The van der Waals surface area contributed by atoms with Gasteiger partial charge in [0.15, 0.2) is 0 Å². The van der Waals surface area contributed by atoms with Crippen LogP contribution in [-0.4, -0.2) is 22.9 Å². The number of rotatable bonds is 4. The van der Waals surface area contributed by atoms with Crippen molar-refractivity contribution in [2.24, 2.45) is 0 Å². The lowest BCUT2D eigenvalue weighted by Crippen LogP contribution is -2.24. The highest BCUT2D eigenvalue weighted by Gasteiger charge is 2.12. The van der Waals surface area contributed by atoms with Gasteiger partial charge in [-0.25, -0.2) is 4.39 Å². The molecule has 6 heteroatoms. The maximum absolute atomic E-state index is 13.6. The van der Waals surface area contributed by atoms with Crippen molar-refractivity contribution in [3.05, 3.63) is 35.1 Å². The molecule has 1 aromatic rings. The number of benzene rings is 1. The van der Waals surface area contributed by atoms with Gasteiger partial charge in [0.1, 0.15) is 17.6 Å². The van der Waals surface area contributed by atoms with Crippen molar-refractivity contribution in [3.8, 4) is 6.07 Å². The van der Waals surface area contributed by atoms with E-state index in [1.165, 1.54) is 25.2 Å². The minimum Gasteiger partial charge on any atom is -0.358 e. The third-order valence-corrected chi connectivity index (χ3v) is 3.30. The highest BCUT2D eigenvalue weighted by molar-refractivity contribution is 7.84. The van der Waals surface area contributed by atoms with Crippen LogP contribution in [-0.2, 0) is 21.3 Å². The largest absolute Gasteiger partial charge is 0.358 e. The average Bonchev–Trinajstić information content (AvgIpc) is 2.31. The second-order valence-corrected chi connectivity index (χ2v) is 4.75. The number of hydrogen-bond donors (Lipinski definition) is 1. The van der Waals surface area contributed by atoms with E-state index in [1.54, 1.807) is 6.07 Å². The Balaban J connectivity index is 2.79. The zero-order valence-electron chi connectivity index (χ0n) is 9.20. The number of nitriles is 1. The van der Waals surface area contributed by atoms with Crippen LogP contribution in [0, 0.1) is 17.1 Å². The van der Waals surface area contributed by atoms with Crippen LogP contribution in [0.3, 0.4) is 0 Å². The summed E-state index contributed by atoms with van der Waals surface area (Å²) < 4.78 is 25.1. The summed E-state index contributed by atoms with van der Waals surface area (Å²) in [6.45, 7) is 0. The summed E-state index contributed by atoms with van der Waals surface area (Å²) in [4.78, 5) is 11.0. The Hall–Kier alpha value is -1.74. The molecule has 0 aliphatic rings. The van der Waals surface area contributed by atoms with E-state index < -0.39 is 16.6 Å². The fourth-order valence-corrected chi connectivity index (χ4v) is 2.33. The Labute approximate surface area is 101 Å². The molecule has 0 saturated heterocycles. The predicted molar refractivity (Wildman–Crippen MR) is 61.9 cm³/mol. The fourth-order valence-electron chi connectivity index (χ4n) is 1.22. The molecular formula is C11H11FN2O2S. The van der Waals surface area contributed by atoms with Gasteiger partial charge in [-0.15, -0.1) is 0 Å². The predicted octanol–water partition coefficient (Wildman–Crippen LogP) is 0.692. The van der Waals surface area contributed by atoms with Gasteiger partial charge in [0, 0.05) is 23.4 Å². The van der Waals surface area contributed by atoms with Gasteiger partial charge in [-0.2, -0.15) is 5.26 Å². The monoisotopic (exact) mass is 254 g/mol. The Morgan fingerprint density at radius 1 is 1.59 bits per heavy atom. The van der Waals surface area contributed by atoms with Gasteiger partial charge in [0.05, 0.1) is 11.3 Å². The molecule has 0 aromatic heterocycles. The lowest BCUT2D eigenvalue weighted by Gasteiger charge is -2.04. The Kier molecular flexibility index (Phi) is 4.79. The van der Waals surface area contributed by atoms with Crippen molar-refractivity contribution >= 4 is 16.7 Å². The zero-order valence-corrected chi connectivity index (χ0v) is 10.0. The molecule has 1 unspecified atom stereocenters. The van der Waals surface area contributed by atoms with E-state index in [0.29, 0.717) is 0 Å². The standard InChI is InChI=1S/C11H11FN2O2S/c1-14-10(15)7-17(16)6-9-4-2-3-8(5-13)11(9)12/h2-4H,6-7H2,1H3,(H,14,15).